The van der Waals surface area contributed by atoms with Gasteiger partial charge in [-0.3, -0.25) is 9.69 Å². The molecule has 1 aliphatic rings. The number of hydrogen-bond donors (Lipinski definition) is 0. The van der Waals surface area contributed by atoms with Crippen LogP contribution >= 0.6 is 23.4 Å². The maximum absolute atomic E-state index is 11.6. The average Bonchev–Trinajstić information content (AvgIpc) is 2.93. The fourth-order valence-electron chi connectivity index (χ4n) is 2.51. The molecule has 0 radical (unpaired) electrons. The monoisotopic (exact) mass is 313 g/mol. The van der Waals surface area contributed by atoms with E-state index in [9.17, 15) is 4.79 Å². The number of methoxy groups -OCH3 is 1. The topological polar surface area (TPSA) is 29.5 Å². The standard InChI is InChI=1S/C15H20ClNO2S/c1-19-15(18)13-7-4-9-17(13)10-5-11-20-14-8-3-2-6-12(14)16/h2-3,6,8,13H,4-5,7,9-11H2,1H3. The number of likely N-dealkylation sites (tertiary alicyclic amines) is 1. The van der Waals surface area contributed by atoms with Crippen LogP contribution in [0.15, 0.2) is 29.2 Å². The van der Waals surface area contributed by atoms with Crippen molar-refractivity contribution < 1.29 is 9.53 Å². The van der Waals surface area contributed by atoms with Crippen LogP contribution in [-0.2, 0) is 9.53 Å². The molecule has 1 fully saturated rings. The fourth-order valence-corrected chi connectivity index (χ4v) is 3.68. The number of rotatable bonds is 6. The van der Waals surface area contributed by atoms with Crippen LogP contribution in [0.1, 0.15) is 19.3 Å². The largest absolute Gasteiger partial charge is 0.468 e. The Morgan fingerprint density at radius 1 is 1.50 bits per heavy atom. The van der Waals surface area contributed by atoms with Crippen LogP contribution < -0.4 is 0 Å². The Hall–Kier alpha value is -0.710. The zero-order chi connectivity index (χ0) is 14.4. The molecule has 0 bridgehead atoms. The van der Waals surface area contributed by atoms with E-state index in [0.717, 1.165) is 48.0 Å². The van der Waals surface area contributed by atoms with Gasteiger partial charge in [0, 0.05) is 4.90 Å². The third-order valence-electron chi connectivity index (χ3n) is 3.52. The van der Waals surface area contributed by atoms with Crippen molar-refractivity contribution in [2.24, 2.45) is 0 Å². The molecule has 1 aliphatic heterocycles. The van der Waals surface area contributed by atoms with Crippen LogP contribution in [0, 0.1) is 0 Å². The number of halogens is 1. The second-order valence-corrected chi connectivity index (χ2v) is 6.39. The van der Waals surface area contributed by atoms with Crippen molar-refractivity contribution in [1.29, 1.82) is 0 Å². The third kappa shape index (κ3) is 4.14. The number of benzene rings is 1. The Kier molecular flexibility index (Phi) is 6.20. The van der Waals surface area contributed by atoms with Crippen molar-refractivity contribution >= 4 is 29.3 Å². The van der Waals surface area contributed by atoms with Gasteiger partial charge in [0.25, 0.3) is 0 Å². The van der Waals surface area contributed by atoms with Crippen molar-refractivity contribution in [3.63, 3.8) is 0 Å². The molecule has 0 N–H and O–H groups in total. The first kappa shape index (κ1) is 15.7. The number of nitrogens with zero attached hydrogens (tertiary/aromatic N) is 1. The van der Waals surface area contributed by atoms with Crippen molar-refractivity contribution in [3.05, 3.63) is 29.3 Å². The molecule has 1 saturated heterocycles. The first-order valence-corrected chi connectivity index (χ1v) is 8.28. The van der Waals surface area contributed by atoms with Gasteiger partial charge in [0.15, 0.2) is 0 Å². The van der Waals surface area contributed by atoms with Crippen molar-refractivity contribution in [2.75, 3.05) is 26.0 Å². The molecule has 20 heavy (non-hydrogen) atoms. The molecule has 5 heteroatoms. The van der Waals surface area contributed by atoms with Crippen LogP contribution in [-0.4, -0.2) is 42.9 Å². The number of carbonyl (C=O) groups excluding carboxylic acids is 1. The molecule has 1 heterocycles. The molecule has 2 rings (SSSR count). The van der Waals surface area contributed by atoms with E-state index in [-0.39, 0.29) is 12.0 Å². The van der Waals surface area contributed by atoms with Crippen molar-refractivity contribution in [2.45, 2.75) is 30.2 Å². The van der Waals surface area contributed by atoms with Gasteiger partial charge in [0.2, 0.25) is 0 Å². The van der Waals surface area contributed by atoms with E-state index in [0.29, 0.717) is 0 Å². The van der Waals surface area contributed by atoms with Gasteiger partial charge in [-0.15, -0.1) is 11.8 Å². The van der Waals surface area contributed by atoms with E-state index in [1.165, 1.54) is 7.11 Å². The molecular weight excluding hydrogens is 294 g/mol. The molecule has 0 spiro atoms. The van der Waals surface area contributed by atoms with E-state index in [4.69, 9.17) is 16.3 Å². The molecule has 1 aromatic rings. The molecule has 1 aromatic carbocycles. The lowest BCUT2D eigenvalue weighted by Gasteiger charge is -2.21. The second kappa shape index (κ2) is 7.91. The predicted molar refractivity (Wildman–Crippen MR) is 83.4 cm³/mol. The molecule has 1 atom stereocenters. The summed E-state index contributed by atoms with van der Waals surface area (Å²) in [6.07, 6.45) is 3.05. The highest BCUT2D eigenvalue weighted by Gasteiger charge is 2.30. The summed E-state index contributed by atoms with van der Waals surface area (Å²) >= 11 is 7.89. The highest BCUT2D eigenvalue weighted by Crippen LogP contribution is 2.27. The molecule has 110 valence electrons. The highest BCUT2D eigenvalue weighted by atomic mass is 35.5. The van der Waals surface area contributed by atoms with E-state index in [1.54, 1.807) is 11.8 Å². The Morgan fingerprint density at radius 2 is 2.30 bits per heavy atom. The molecule has 1 unspecified atom stereocenters. The first-order chi connectivity index (χ1) is 9.72. The summed E-state index contributed by atoms with van der Waals surface area (Å²) in [7, 11) is 1.46. The van der Waals surface area contributed by atoms with Gasteiger partial charge in [-0.1, -0.05) is 23.7 Å². The van der Waals surface area contributed by atoms with Gasteiger partial charge in [-0.05, 0) is 50.2 Å². The number of carbonyl (C=O) groups is 1. The van der Waals surface area contributed by atoms with E-state index in [2.05, 4.69) is 4.90 Å². The summed E-state index contributed by atoms with van der Waals surface area (Å²) in [6, 6.07) is 7.86. The fraction of sp³-hybridized carbons (Fsp3) is 0.533. The maximum atomic E-state index is 11.6. The van der Waals surface area contributed by atoms with Gasteiger partial charge in [-0.25, -0.2) is 0 Å². The van der Waals surface area contributed by atoms with Crippen LogP contribution in [0.25, 0.3) is 0 Å². The Bertz CT molecular complexity index is 455. The van der Waals surface area contributed by atoms with Crippen molar-refractivity contribution in [1.82, 2.24) is 4.90 Å². The molecule has 0 amide bonds. The van der Waals surface area contributed by atoms with Crippen LogP contribution in [0.5, 0.6) is 0 Å². The lowest BCUT2D eigenvalue weighted by atomic mass is 10.2. The lowest BCUT2D eigenvalue weighted by Crippen LogP contribution is -2.37. The Morgan fingerprint density at radius 3 is 3.05 bits per heavy atom. The minimum atomic E-state index is -0.0961. The second-order valence-electron chi connectivity index (χ2n) is 4.85. The zero-order valence-corrected chi connectivity index (χ0v) is 13.3. The summed E-state index contributed by atoms with van der Waals surface area (Å²) in [5.74, 6) is 0.912. The quantitative estimate of drug-likeness (QED) is 0.457. The minimum absolute atomic E-state index is 0.0367. The third-order valence-corrected chi connectivity index (χ3v) is 5.12. The summed E-state index contributed by atoms with van der Waals surface area (Å²) in [5, 5.41) is 0.811. The Balaban J connectivity index is 1.73. The van der Waals surface area contributed by atoms with Crippen LogP contribution in [0.3, 0.4) is 0 Å². The van der Waals surface area contributed by atoms with E-state index < -0.39 is 0 Å². The molecule has 0 aromatic heterocycles. The zero-order valence-electron chi connectivity index (χ0n) is 11.7. The van der Waals surface area contributed by atoms with Gasteiger partial charge in [0.05, 0.1) is 12.1 Å². The van der Waals surface area contributed by atoms with E-state index >= 15 is 0 Å². The normalized spacial score (nSPS) is 19.2. The number of hydrogen-bond acceptors (Lipinski definition) is 4. The maximum Gasteiger partial charge on any atom is 0.323 e. The summed E-state index contributed by atoms with van der Waals surface area (Å²) in [5.41, 5.74) is 0. The first-order valence-electron chi connectivity index (χ1n) is 6.91. The van der Waals surface area contributed by atoms with Gasteiger partial charge in [-0.2, -0.15) is 0 Å². The molecular formula is C15H20ClNO2S. The van der Waals surface area contributed by atoms with Gasteiger partial charge >= 0.3 is 5.97 Å². The predicted octanol–water partition coefficient (Wildman–Crippen LogP) is 3.46. The smallest absolute Gasteiger partial charge is 0.323 e. The molecule has 3 nitrogen and oxygen atoms in total. The summed E-state index contributed by atoms with van der Waals surface area (Å²) in [6.45, 7) is 1.94. The average molecular weight is 314 g/mol. The van der Waals surface area contributed by atoms with Crippen molar-refractivity contribution in [3.8, 4) is 0 Å². The Labute approximate surface area is 129 Å². The van der Waals surface area contributed by atoms with Crippen LogP contribution in [0.4, 0.5) is 0 Å². The SMILES string of the molecule is COC(=O)C1CCCN1CCCSc1ccccc1Cl. The summed E-state index contributed by atoms with van der Waals surface area (Å²) in [4.78, 5) is 15.0. The van der Waals surface area contributed by atoms with Crippen LogP contribution in [0.2, 0.25) is 5.02 Å². The van der Waals surface area contributed by atoms with Gasteiger partial charge < -0.3 is 4.74 Å². The molecule has 0 saturated carbocycles. The number of esters is 1. The minimum Gasteiger partial charge on any atom is -0.468 e. The van der Waals surface area contributed by atoms with E-state index in [1.807, 2.05) is 24.3 Å². The number of thioether (sulfide) groups is 1. The summed E-state index contributed by atoms with van der Waals surface area (Å²) < 4.78 is 4.85. The number of ether oxygens (including phenoxy) is 1. The lowest BCUT2D eigenvalue weighted by molar-refractivity contribution is -0.145. The van der Waals surface area contributed by atoms with Gasteiger partial charge in [0.1, 0.15) is 6.04 Å². The molecule has 0 aliphatic carbocycles. The highest BCUT2D eigenvalue weighted by molar-refractivity contribution is 7.99.